The number of hydrogen-bond donors (Lipinski definition) is 1. The number of carbonyl (C=O) groups is 2. The van der Waals surface area contributed by atoms with E-state index in [9.17, 15) is 9.59 Å². The summed E-state index contributed by atoms with van der Waals surface area (Å²) in [6, 6.07) is 13.7. The van der Waals surface area contributed by atoms with Crippen LogP contribution in [-0.4, -0.2) is 39.4 Å². The highest BCUT2D eigenvalue weighted by Crippen LogP contribution is 2.35. The molecule has 1 saturated heterocycles. The molecule has 34 heavy (non-hydrogen) atoms. The van der Waals surface area contributed by atoms with Gasteiger partial charge >= 0.3 is 5.97 Å². The molecular weight excluding hydrogens is 470 g/mol. The maximum atomic E-state index is 12.9. The number of carboxylic acids is 1. The minimum absolute atomic E-state index is 0.119. The number of aliphatic carboxylic acids is 1. The lowest BCUT2D eigenvalue weighted by molar-refractivity contribution is -0.137. The predicted octanol–water partition coefficient (Wildman–Crippen LogP) is 5.82. The van der Waals surface area contributed by atoms with E-state index in [1.54, 1.807) is 4.90 Å². The van der Waals surface area contributed by atoms with Crippen molar-refractivity contribution in [3.05, 3.63) is 64.1 Å². The van der Waals surface area contributed by atoms with Gasteiger partial charge in [0.05, 0.1) is 11.5 Å². The highest BCUT2D eigenvalue weighted by Gasteiger charge is 2.31. The molecule has 1 aliphatic rings. The number of nitrogens with zero attached hydrogens (tertiary/aromatic N) is 1. The molecule has 2 aromatic carbocycles. The molecule has 2 aromatic rings. The van der Waals surface area contributed by atoms with Crippen LogP contribution in [0.3, 0.4) is 0 Å². The average molecular weight is 500 g/mol. The Morgan fingerprint density at radius 2 is 1.91 bits per heavy atom. The summed E-state index contributed by atoms with van der Waals surface area (Å²) in [7, 11) is 0. The van der Waals surface area contributed by atoms with Crippen molar-refractivity contribution >= 4 is 46.3 Å². The van der Waals surface area contributed by atoms with Crippen LogP contribution in [-0.2, 0) is 16.2 Å². The van der Waals surface area contributed by atoms with Gasteiger partial charge in [-0.3, -0.25) is 14.5 Å². The molecule has 0 bridgehead atoms. The number of carboxylic acid groups (broad SMARTS) is 1. The first kappa shape index (κ1) is 25.8. The van der Waals surface area contributed by atoms with E-state index in [-0.39, 0.29) is 12.3 Å². The lowest BCUT2D eigenvalue weighted by Gasteiger charge is -2.14. The van der Waals surface area contributed by atoms with Crippen LogP contribution in [0, 0.1) is 6.92 Å². The van der Waals surface area contributed by atoms with Crippen molar-refractivity contribution in [2.75, 3.05) is 13.2 Å². The molecule has 0 atom stereocenters. The van der Waals surface area contributed by atoms with Crippen LogP contribution >= 0.6 is 24.0 Å². The Morgan fingerprint density at radius 1 is 1.12 bits per heavy atom. The highest BCUT2D eigenvalue weighted by molar-refractivity contribution is 8.26. The minimum atomic E-state index is -0.799. The molecule has 0 spiro atoms. The molecule has 180 valence electrons. The fourth-order valence-corrected chi connectivity index (χ4v) is 4.81. The molecule has 0 radical (unpaired) electrons. The summed E-state index contributed by atoms with van der Waals surface area (Å²) in [6.45, 7) is 5.40. The second-order valence-corrected chi connectivity index (χ2v) is 9.57. The van der Waals surface area contributed by atoms with Gasteiger partial charge in [-0.05, 0) is 61.6 Å². The lowest BCUT2D eigenvalue weighted by Crippen LogP contribution is -2.29. The maximum Gasteiger partial charge on any atom is 0.303 e. The molecule has 6 nitrogen and oxygen atoms in total. The number of amides is 1. The minimum Gasteiger partial charge on any atom is -0.490 e. The van der Waals surface area contributed by atoms with E-state index in [0.717, 1.165) is 17.5 Å². The third-order valence-corrected chi connectivity index (χ3v) is 6.73. The molecule has 1 fully saturated rings. The van der Waals surface area contributed by atoms with Crippen molar-refractivity contribution in [2.24, 2.45) is 0 Å². The highest BCUT2D eigenvalue weighted by atomic mass is 32.2. The standard InChI is InChI=1S/C26H29NO5S2/c1-3-31-22-15-19(12-13-21(22)32-17-20-10-7-6-9-18(20)2)16-23-25(30)27(26(33)34-23)14-8-4-5-11-24(28)29/h6-7,9-10,12-13,15-16H,3-5,8,11,14,17H2,1-2H3,(H,28,29)/b23-16-. The average Bonchev–Trinajstić information content (AvgIpc) is 3.06. The second kappa shape index (κ2) is 12.6. The van der Waals surface area contributed by atoms with Gasteiger partial charge in [-0.25, -0.2) is 0 Å². The molecule has 8 heteroatoms. The second-order valence-electron chi connectivity index (χ2n) is 7.89. The predicted molar refractivity (Wildman–Crippen MR) is 139 cm³/mol. The number of rotatable bonds is 12. The monoisotopic (exact) mass is 499 g/mol. The molecule has 0 saturated carbocycles. The summed E-state index contributed by atoms with van der Waals surface area (Å²) in [5.74, 6) is 0.354. The van der Waals surface area contributed by atoms with E-state index in [1.165, 1.54) is 17.3 Å². The zero-order chi connectivity index (χ0) is 24.5. The number of thiocarbonyl (C=S) groups is 1. The van der Waals surface area contributed by atoms with Gasteiger partial charge in [0.2, 0.25) is 0 Å². The van der Waals surface area contributed by atoms with E-state index >= 15 is 0 Å². The van der Waals surface area contributed by atoms with Crippen LogP contribution in [0.5, 0.6) is 11.5 Å². The number of hydrogen-bond acceptors (Lipinski definition) is 6. The maximum absolute atomic E-state index is 12.9. The van der Waals surface area contributed by atoms with E-state index in [1.807, 2.05) is 49.4 Å². The molecule has 1 heterocycles. The number of carbonyl (C=O) groups excluding carboxylic acids is 1. The van der Waals surface area contributed by atoms with Crippen LogP contribution in [0.1, 0.15) is 49.3 Å². The Bertz CT molecular complexity index is 1080. The van der Waals surface area contributed by atoms with E-state index in [2.05, 4.69) is 13.0 Å². The van der Waals surface area contributed by atoms with Crippen LogP contribution in [0.4, 0.5) is 0 Å². The molecule has 0 unspecified atom stereocenters. The van der Waals surface area contributed by atoms with Crippen LogP contribution in [0.15, 0.2) is 47.4 Å². The summed E-state index contributed by atoms with van der Waals surface area (Å²) in [6.07, 6.45) is 4.01. The quantitative estimate of drug-likeness (QED) is 0.224. The normalized spacial score (nSPS) is 14.6. The molecule has 3 rings (SSSR count). The number of unbranched alkanes of at least 4 members (excludes halogenated alkanes) is 2. The summed E-state index contributed by atoms with van der Waals surface area (Å²) in [4.78, 5) is 25.6. The van der Waals surface area contributed by atoms with Gasteiger partial charge in [-0.1, -0.05) is 60.7 Å². The fourth-order valence-electron chi connectivity index (χ4n) is 3.50. The van der Waals surface area contributed by atoms with Crippen molar-refractivity contribution in [3.8, 4) is 11.5 Å². The number of benzene rings is 2. The summed E-state index contributed by atoms with van der Waals surface area (Å²) in [5.41, 5.74) is 3.11. The Morgan fingerprint density at radius 3 is 2.65 bits per heavy atom. The van der Waals surface area contributed by atoms with Gasteiger partial charge in [0.25, 0.3) is 5.91 Å². The molecule has 1 aliphatic heterocycles. The molecule has 1 N–H and O–H groups in total. The van der Waals surface area contributed by atoms with E-state index in [0.29, 0.717) is 53.3 Å². The third-order valence-electron chi connectivity index (χ3n) is 5.36. The largest absolute Gasteiger partial charge is 0.490 e. The topological polar surface area (TPSA) is 76.1 Å². The molecular formula is C26H29NO5S2. The van der Waals surface area contributed by atoms with Gasteiger partial charge in [0.15, 0.2) is 11.5 Å². The summed E-state index contributed by atoms with van der Waals surface area (Å²) < 4.78 is 12.4. The van der Waals surface area contributed by atoms with Crippen molar-refractivity contribution < 1.29 is 24.2 Å². The zero-order valence-electron chi connectivity index (χ0n) is 19.4. The zero-order valence-corrected chi connectivity index (χ0v) is 21.0. The Labute approximate surface area is 209 Å². The van der Waals surface area contributed by atoms with Crippen molar-refractivity contribution in [1.82, 2.24) is 4.90 Å². The van der Waals surface area contributed by atoms with E-state index < -0.39 is 5.97 Å². The van der Waals surface area contributed by atoms with Crippen LogP contribution in [0.25, 0.3) is 6.08 Å². The first-order valence-electron chi connectivity index (χ1n) is 11.3. The van der Waals surface area contributed by atoms with Crippen molar-refractivity contribution in [1.29, 1.82) is 0 Å². The number of aryl methyl sites for hydroxylation is 1. The van der Waals surface area contributed by atoms with Gasteiger partial charge in [-0.15, -0.1) is 0 Å². The SMILES string of the molecule is CCOc1cc(/C=C2\SC(=S)N(CCCCCC(=O)O)C2=O)ccc1OCc1ccccc1C. The number of ether oxygens (including phenoxy) is 2. The third kappa shape index (κ3) is 7.08. The Kier molecular flexibility index (Phi) is 9.53. The Balaban J connectivity index is 1.66. The smallest absolute Gasteiger partial charge is 0.303 e. The molecule has 0 aromatic heterocycles. The van der Waals surface area contributed by atoms with Crippen LogP contribution in [0.2, 0.25) is 0 Å². The van der Waals surface area contributed by atoms with Gasteiger partial charge in [0.1, 0.15) is 10.9 Å². The Hall–Kier alpha value is -2.84. The van der Waals surface area contributed by atoms with Gasteiger partial charge in [-0.2, -0.15) is 0 Å². The van der Waals surface area contributed by atoms with Gasteiger partial charge in [0, 0.05) is 13.0 Å². The van der Waals surface area contributed by atoms with Crippen molar-refractivity contribution in [3.63, 3.8) is 0 Å². The van der Waals surface area contributed by atoms with Crippen molar-refractivity contribution in [2.45, 2.75) is 46.1 Å². The van der Waals surface area contributed by atoms with Crippen LogP contribution < -0.4 is 9.47 Å². The summed E-state index contributed by atoms with van der Waals surface area (Å²) in [5, 5.41) is 8.73. The fraction of sp³-hybridized carbons (Fsp3) is 0.346. The molecule has 1 amide bonds. The summed E-state index contributed by atoms with van der Waals surface area (Å²) >= 11 is 6.68. The van der Waals surface area contributed by atoms with E-state index in [4.69, 9.17) is 26.8 Å². The van der Waals surface area contributed by atoms with Gasteiger partial charge < -0.3 is 14.6 Å². The first-order valence-corrected chi connectivity index (χ1v) is 12.5. The first-order chi connectivity index (χ1) is 16.4. The molecule has 0 aliphatic carbocycles. The number of thioether (sulfide) groups is 1. The lowest BCUT2D eigenvalue weighted by atomic mass is 10.1.